The summed E-state index contributed by atoms with van der Waals surface area (Å²) in [6, 6.07) is 29.4. The van der Waals surface area contributed by atoms with Crippen LogP contribution in [-0.2, 0) is 50.3 Å². The third-order valence-corrected chi connectivity index (χ3v) is 15.6. The van der Waals surface area contributed by atoms with E-state index in [0.29, 0.717) is 36.8 Å². The van der Waals surface area contributed by atoms with Crippen molar-refractivity contribution in [3.8, 4) is 0 Å². The average Bonchev–Trinajstić information content (AvgIpc) is 3.18. The Morgan fingerprint density at radius 2 is 0.525 bits per heavy atom. The summed E-state index contributed by atoms with van der Waals surface area (Å²) in [5, 5.41) is 0. The fraction of sp³-hybridized carbons (Fsp3) is 0.286. The van der Waals surface area contributed by atoms with E-state index in [1.54, 1.807) is 60.7 Å². The van der Waals surface area contributed by atoms with Crippen LogP contribution in [0.1, 0.15) is 96.9 Å². The molecule has 19 heteroatoms. The van der Waals surface area contributed by atoms with E-state index in [2.05, 4.69) is 0 Å². The second kappa shape index (κ2) is 18.6. The van der Waals surface area contributed by atoms with Crippen molar-refractivity contribution >= 4 is 50.3 Å². The molecule has 0 saturated heterocycles. The zero-order valence-corrected chi connectivity index (χ0v) is 37.3. The minimum Gasteiger partial charge on any atom is -0.282 e. The second-order valence-corrected chi connectivity index (χ2v) is 23.1. The lowest BCUT2D eigenvalue weighted by molar-refractivity contribution is 0.413. The van der Waals surface area contributed by atoms with Gasteiger partial charge in [0.25, 0.3) is 40.5 Å². The van der Waals surface area contributed by atoms with Gasteiger partial charge >= 0.3 is 0 Å². The number of hydrogen-bond acceptors (Lipinski definition) is 10. The van der Waals surface area contributed by atoms with Crippen molar-refractivity contribution in [2.75, 3.05) is 6.26 Å². The lowest BCUT2D eigenvalue weighted by Crippen LogP contribution is -2.15. The maximum absolute atomic E-state index is 12.4. The maximum Gasteiger partial charge on any atom is 0.294 e. The Morgan fingerprint density at radius 3 is 0.738 bits per heavy atom. The van der Waals surface area contributed by atoms with Gasteiger partial charge in [-0.15, -0.1) is 0 Å². The molecule has 328 valence electrons. The standard InChI is InChI=1S/C42H46O14S5/c1-28(30-4-16-39(17-5-30)58(45,46)47)24-35(32-8-14-38(15-9-32)57(3,43)44)26-37(34-12-22-42(23-13-34)61(54,55)56)27-36(33-10-20-41(21-11-33)60(51,52)53)25-29(2)31-6-18-40(19-7-31)59(48,49)50/h4-23,28-29,35-37H,24-27H2,1-3H3,(H,45,46,47)(H,48,49,50)(H,51,52,53)(H,54,55,56). The Kier molecular flexibility index (Phi) is 14.5. The van der Waals surface area contributed by atoms with Gasteiger partial charge in [-0.05, 0) is 144 Å². The fourth-order valence-electron chi connectivity index (χ4n) is 7.67. The van der Waals surface area contributed by atoms with E-state index < -0.39 is 56.2 Å². The van der Waals surface area contributed by atoms with Gasteiger partial charge < -0.3 is 0 Å². The third kappa shape index (κ3) is 12.9. The van der Waals surface area contributed by atoms with E-state index in [1.165, 1.54) is 60.7 Å². The van der Waals surface area contributed by atoms with Crippen LogP contribution in [0.4, 0.5) is 0 Å². The zero-order chi connectivity index (χ0) is 45.1. The molecule has 0 spiro atoms. The van der Waals surface area contributed by atoms with Gasteiger partial charge in [0, 0.05) is 6.26 Å². The maximum atomic E-state index is 12.4. The Bertz CT molecular complexity index is 2720. The molecule has 0 radical (unpaired) electrons. The smallest absolute Gasteiger partial charge is 0.282 e. The monoisotopic (exact) mass is 934 g/mol. The Morgan fingerprint density at radius 1 is 0.328 bits per heavy atom. The van der Waals surface area contributed by atoms with Crippen LogP contribution in [0.3, 0.4) is 0 Å². The van der Waals surface area contributed by atoms with Crippen LogP contribution in [0.15, 0.2) is 146 Å². The van der Waals surface area contributed by atoms with Gasteiger partial charge in [-0.2, -0.15) is 33.7 Å². The van der Waals surface area contributed by atoms with Crippen molar-refractivity contribution < 1.29 is 60.3 Å². The molecule has 0 aliphatic heterocycles. The molecular formula is C42H46O14S5. The van der Waals surface area contributed by atoms with E-state index >= 15 is 0 Å². The molecule has 0 bridgehead atoms. The molecule has 0 fully saturated rings. The van der Waals surface area contributed by atoms with Crippen molar-refractivity contribution in [1.29, 1.82) is 0 Å². The zero-order valence-electron chi connectivity index (χ0n) is 33.2. The molecule has 5 unspecified atom stereocenters. The summed E-state index contributed by atoms with van der Waals surface area (Å²) in [7, 11) is -21.5. The van der Waals surface area contributed by atoms with Crippen LogP contribution < -0.4 is 0 Å². The molecule has 0 aliphatic carbocycles. The van der Waals surface area contributed by atoms with Crippen molar-refractivity contribution in [3.05, 3.63) is 149 Å². The first-order chi connectivity index (χ1) is 28.2. The van der Waals surface area contributed by atoms with Crippen LogP contribution in [0.5, 0.6) is 0 Å². The van der Waals surface area contributed by atoms with E-state index in [0.717, 1.165) is 22.9 Å². The highest BCUT2D eigenvalue weighted by Gasteiger charge is 2.29. The molecule has 5 rings (SSSR count). The number of benzene rings is 5. The van der Waals surface area contributed by atoms with Gasteiger partial charge in [0.1, 0.15) is 0 Å². The Hall–Kier alpha value is -4.31. The van der Waals surface area contributed by atoms with Crippen LogP contribution >= 0.6 is 0 Å². The molecule has 5 aromatic carbocycles. The highest BCUT2D eigenvalue weighted by Crippen LogP contribution is 2.44. The minimum atomic E-state index is -4.55. The normalized spacial score (nSPS) is 15.4. The van der Waals surface area contributed by atoms with E-state index in [1.807, 2.05) is 13.8 Å². The summed E-state index contributed by atoms with van der Waals surface area (Å²) in [5.41, 5.74) is 3.63. The number of rotatable bonds is 18. The minimum absolute atomic E-state index is 0.105. The van der Waals surface area contributed by atoms with Gasteiger partial charge in [0.15, 0.2) is 9.84 Å². The number of sulfone groups is 1. The highest BCUT2D eigenvalue weighted by atomic mass is 32.2. The third-order valence-electron chi connectivity index (χ3n) is 11.0. The Labute approximate surface area is 357 Å². The summed E-state index contributed by atoms with van der Waals surface area (Å²) >= 11 is 0. The predicted octanol–water partition coefficient (Wildman–Crippen LogP) is 7.90. The van der Waals surface area contributed by atoms with Crippen molar-refractivity contribution in [2.45, 2.75) is 93.6 Å². The molecule has 61 heavy (non-hydrogen) atoms. The summed E-state index contributed by atoms with van der Waals surface area (Å²) in [6.07, 6.45) is 2.71. The van der Waals surface area contributed by atoms with Crippen molar-refractivity contribution in [1.82, 2.24) is 0 Å². The van der Waals surface area contributed by atoms with Gasteiger partial charge in [-0.3, -0.25) is 18.2 Å². The molecule has 5 aromatic rings. The molecule has 5 atom stereocenters. The van der Waals surface area contributed by atoms with Gasteiger partial charge in [0.2, 0.25) is 0 Å². The molecule has 0 saturated carbocycles. The molecule has 0 amide bonds. The lowest BCUT2D eigenvalue weighted by atomic mass is 9.74. The molecule has 0 heterocycles. The summed E-state index contributed by atoms with van der Waals surface area (Å²) < 4.78 is 158. The largest absolute Gasteiger partial charge is 0.294 e. The molecule has 0 aromatic heterocycles. The average molecular weight is 935 g/mol. The predicted molar refractivity (Wildman–Crippen MR) is 228 cm³/mol. The first-order valence-electron chi connectivity index (χ1n) is 18.8. The summed E-state index contributed by atoms with van der Waals surface area (Å²) in [5.74, 6) is -1.54. The summed E-state index contributed by atoms with van der Waals surface area (Å²) in [6.45, 7) is 3.85. The second-order valence-electron chi connectivity index (χ2n) is 15.4. The first kappa shape index (κ1) is 47.7. The van der Waals surface area contributed by atoms with Gasteiger partial charge in [-0.25, -0.2) is 8.42 Å². The van der Waals surface area contributed by atoms with E-state index in [-0.39, 0.29) is 48.1 Å². The molecule has 4 N–H and O–H groups in total. The van der Waals surface area contributed by atoms with Crippen LogP contribution in [0.25, 0.3) is 0 Å². The molecular weight excluding hydrogens is 889 g/mol. The lowest BCUT2D eigenvalue weighted by Gasteiger charge is -2.31. The first-order valence-corrected chi connectivity index (χ1v) is 26.4. The molecule has 0 aliphatic rings. The summed E-state index contributed by atoms with van der Waals surface area (Å²) in [4.78, 5) is -1.10. The van der Waals surface area contributed by atoms with Crippen LogP contribution in [0.2, 0.25) is 0 Å². The van der Waals surface area contributed by atoms with Gasteiger partial charge in [-0.1, -0.05) is 74.5 Å². The quantitative estimate of drug-likeness (QED) is 0.0610. The van der Waals surface area contributed by atoms with Crippen LogP contribution in [0, 0.1) is 0 Å². The van der Waals surface area contributed by atoms with Gasteiger partial charge in [0.05, 0.1) is 24.5 Å². The molecule has 14 nitrogen and oxygen atoms in total. The fourth-order valence-corrected chi connectivity index (χ4v) is 10.2. The topological polar surface area (TPSA) is 252 Å². The van der Waals surface area contributed by atoms with Crippen LogP contribution in [-0.4, -0.2) is 66.6 Å². The van der Waals surface area contributed by atoms with E-state index in [4.69, 9.17) is 0 Å². The van der Waals surface area contributed by atoms with Crippen molar-refractivity contribution in [3.63, 3.8) is 0 Å². The SMILES string of the molecule is CC(CC(CC(CC(CC(C)c1ccc(S(=O)(=O)O)cc1)c1ccc(S(=O)(=O)O)cc1)c1ccc(S(=O)(=O)O)cc1)c1ccc(S(C)(=O)=O)cc1)c1ccc(S(=O)(=O)O)cc1. The highest BCUT2D eigenvalue weighted by molar-refractivity contribution is 7.90. The van der Waals surface area contributed by atoms with E-state index in [9.17, 15) is 60.3 Å². The van der Waals surface area contributed by atoms with Crippen molar-refractivity contribution in [2.24, 2.45) is 0 Å². The Balaban J connectivity index is 1.62. The number of hydrogen-bond donors (Lipinski definition) is 4.